The zero-order valence-electron chi connectivity index (χ0n) is 11.4. The molecule has 106 valence electrons. The van der Waals surface area contributed by atoms with Crippen LogP contribution in [0.15, 0.2) is 42.6 Å². The summed E-state index contributed by atoms with van der Waals surface area (Å²) in [7, 11) is 1.88. The van der Waals surface area contributed by atoms with Crippen LogP contribution < -0.4 is 5.32 Å². The number of nitrogens with one attached hydrogen (secondary N) is 1. The molecule has 0 bridgehead atoms. The van der Waals surface area contributed by atoms with Crippen LogP contribution in [0.25, 0.3) is 0 Å². The van der Waals surface area contributed by atoms with E-state index in [2.05, 4.69) is 10.3 Å². The summed E-state index contributed by atoms with van der Waals surface area (Å²) in [6, 6.07) is 10.1. The molecule has 0 saturated carbocycles. The minimum absolute atomic E-state index is 0.210. The number of aryl methyl sites for hydroxylation is 1. The number of hydrogen-bond donors (Lipinski definition) is 1. The topological polar surface area (TPSA) is 24.9 Å². The highest BCUT2D eigenvalue weighted by Gasteiger charge is 2.10. The first-order valence-electron chi connectivity index (χ1n) is 6.70. The van der Waals surface area contributed by atoms with Gasteiger partial charge in [-0.2, -0.15) is 0 Å². The van der Waals surface area contributed by atoms with Crippen molar-refractivity contribution < 1.29 is 8.78 Å². The third-order valence-corrected chi connectivity index (χ3v) is 3.35. The van der Waals surface area contributed by atoms with E-state index in [-0.39, 0.29) is 6.04 Å². The zero-order chi connectivity index (χ0) is 14.4. The summed E-state index contributed by atoms with van der Waals surface area (Å²) >= 11 is 0. The first-order valence-corrected chi connectivity index (χ1v) is 6.70. The van der Waals surface area contributed by atoms with Gasteiger partial charge in [-0.05, 0) is 56.1 Å². The molecular formula is C16H18F2N2. The molecule has 0 radical (unpaired) electrons. The van der Waals surface area contributed by atoms with Crippen LogP contribution >= 0.6 is 0 Å². The number of rotatable bonds is 6. The molecule has 2 aromatic rings. The summed E-state index contributed by atoms with van der Waals surface area (Å²) in [6.45, 7) is 0. The van der Waals surface area contributed by atoms with Crippen molar-refractivity contribution in [3.63, 3.8) is 0 Å². The highest BCUT2D eigenvalue weighted by molar-refractivity contribution is 5.19. The Kier molecular flexibility index (Phi) is 5.18. The second-order valence-corrected chi connectivity index (χ2v) is 4.80. The Balaban J connectivity index is 1.93. The highest BCUT2D eigenvalue weighted by atomic mass is 19.2. The van der Waals surface area contributed by atoms with Crippen molar-refractivity contribution in [3.05, 3.63) is 65.5 Å². The quantitative estimate of drug-likeness (QED) is 0.877. The van der Waals surface area contributed by atoms with Gasteiger partial charge in [-0.25, -0.2) is 8.78 Å². The van der Waals surface area contributed by atoms with Gasteiger partial charge in [0, 0.05) is 17.9 Å². The zero-order valence-corrected chi connectivity index (χ0v) is 11.4. The van der Waals surface area contributed by atoms with Gasteiger partial charge in [0.05, 0.1) is 0 Å². The Labute approximate surface area is 117 Å². The lowest BCUT2D eigenvalue weighted by atomic mass is 10.0. The summed E-state index contributed by atoms with van der Waals surface area (Å²) in [5, 5.41) is 3.21. The van der Waals surface area contributed by atoms with Gasteiger partial charge in [-0.15, -0.1) is 0 Å². The fourth-order valence-corrected chi connectivity index (χ4v) is 2.17. The molecule has 1 unspecified atom stereocenters. The largest absolute Gasteiger partial charge is 0.317 e. The van der Waals surface area contributed by atoms with Crippen molar-refractivity contribution in [2.75, 3.05) is 7.05 Å². The average Bonchev–Trinajstić information content (AvgIpc) is 2.48. The van der Waals surface area contributed by atoms with Gasteiger partial charge in [-0.3, -0.25) is 4.98 Å². The van der Waals surface area contributed by atoms with Gasteiger partial charge in [0.1, 0.15) is 0 Å². The van der Waals surface area contributed by atoms with E-state index >= 15 is 0 Å². The van der Waals surface area contributed by atoms with Crippen LogP contribution in [0.3, 0.4) is 0 Å². The minimum atomic E-state index is -0.803. The summed E-state index contributed by atoms with van der Waals surface area (Å²) < 4.78 is 26.1. The van der Waals surface area contributed by atoms with E-state index in [4.69, 9.17) is 0 Å². The maximum absolute atomic E-state index is 13.2. The van der Waals surface area contributed by atoms with E-state index < -0.39 is 11.6 Å². The predicted octanol–water partition coefficient (Wildman–Crippen LogP) is 3.12. The van der Waals surface area contributed by atoms with Crippen molar-refractivity contribution in [1.82, 2.24) is 10.3 Å². The number of likely N-dealkylation sites (N-methyl/N-ethyl adjacent to an activating group) is 1. The summed E-state index contributed by atoms with van der Waals surface area (Å²) in [5.41, 5.74) is 1.84. The lowest BCUT2D eigenvalue weighted by molar-refractivity contribution is 0.496. The monoisotopic (exact) mass is 276 g/mol. The van der Waals surface area contributed by atoms with E-state index in [1.54, 1.807) is 12.3 Å². The smallest absolute Gasteiger partial charge is 0.159 e. The molecule has 20 heavy (non-hydrogen) atoms. The number of aromatic nitrogens is 1. The van der Waals surface area contributed by atoms with Crippen molar-refractivity contribution in [2.24, 2.45) is 0 Å². The van der Waals surface area contributed by atoms with E-state index in [1.165, 1.54) is 12.1 Å². The Morgan fingerprint density at radius 1 is 1.15 bits per heavy atom. The van der Waals surface area contributed by atoms with Gasteiger partial charge in [-0.1, -0.05) is 12.1 Å². The van der Waals surface area contributed by atoms with Gasteiger partial charge in [0.2, 0.25) is 0 Å². The fourth-order valence-electron chi connectivity index (χ4n) is 2.17. The Morgan fingerprint density at radius 3 is 2.65 bits per heavy atom. The molecule has 0 spiro atoms. The molecule has 0 aliphatic rings. The van der Waals surface area contributed by atoms with Crippen LogP contribution in [-0.4, -0.2) is 18.1 Å². The van der Waals surface area contributed by atoms with Crippen LogP contribution in [0.4, 0.5) is 8.78 Å². The molecule has 1 aromatic heterocycles. The van der Waals surface area contributed by atoms with Crippen LogP contribution in [0.2, 0.25) is 0 Å². The molecule has 2 nitrogen and oxygen atoms in total. The van der Waals surface area contributed by atoms with E-state index in [0.29, 0.717) is 6.42 Å². The van der Waals surface area contributed by atoms with Crippen molar-refractivity contribution >= 4 is 0 Å². The van der Waals surface area contributed by atoms with Crippen molar-refractivity contribution in [1.29, 1.82) is 0 Å². The summed E-state index contributed by atoms with van der Waals surface area (Å²) in [4.78, 5) is 4.28. The molecule has 0 amide bonds. The normalized spacial score (nSPS) is 12.3. The second kappa shape index (κ2) is 7.10. The molecule has 1 aromatic carbocycles. The molecule has 1 atom stereocenters. The number of hydrogen-bond acceptors (Lipinski definition) is 2. The molecule has 0 aliphatic heterocycles. The molecule has 2 rings (SSSR count). The Bertz CT molecular complexity index is 543. The number of halogens is 2. The summed E-state index contributed by atoms with van der Waals surface area (Å²) in [6.07, 6.45) is 4.20. The fraction of sp³-hybridized carbons (Fsp3) is 0.312. The highest BCUT2D eigenvalue weighted by Crippen LogP contribution is 2.12. The number of pyridine rings is 1. The maximum Gasteiger partial charge on any atom is 0.159 e. The standard InChI is InChI=1S/C16H18F2N2/c1-19-14(7-6-13-4-2-3-9-20-13)10-12-5-8-15(17)16(18)11-12/h2-5,8-9,11,14,19H,6-7,10H2,1H3. The first kappa shape index (κ1) is 14.6. The van der Waals surface area contributed by atoms with Crippen LogP contribution in [0.5, 0.6) is 0 Å². The molecule has 0 aliphatic carbocycles. The van der Waals surface area contributed by atoms with E-state index in [9.17, 15) is 8.78 Å². The molecule has 0 saturated heterocycles. The van der Waals surface area contributed by atoms with Crippen LogP contribution in [0, 0.1) is 11.6 Å². The van der Waals surface area contributed by atoms with Gasteiger partial charge >= 0.3 is 0 Å². The van der Waals surface area contributed by atoms with Crippen LogP contribution in [-0.2, 0) is 12.8 Å². The minimum Gasteiger partial charge on any atom is -0.317 e. The average molecular weight is 276 g/mol. The van der Waals surface area contributed by atoms with Gasteiger partial charge in [0.25, 0.3) is 0 Å². The Morgan fingerprint density at radius 2 is 2.00 bits per heavy atom. The molecule has 1 heterocycles. The third-order valence-electron chi connectivity index (χ3n) is 3.35. The van der Waals surface area contributed by atoms with Crippen LogP contribution in [0.1, 0.15) is 17.7 Å². The van der Waals surface area contributed by atoms with Crippen molar-refractivity contribution in [3.8, 4) is 0 Å². The molecule has 1 N–H and O–H groups in total. The molecular weight excluding hydrogens is 258 g/mol. The predicted molar refractivity (Wildman–Crippen MR) is 75.5 cm³/mol. The van der Waals surface area contributed by atoms with Crippen molar-refractivity contribution in [2.45, 2.75) is 25.3 Å². The van der Waals surface area contributed by atoms with Gasteiger partial charge < -0.3 is 5.32 Å². The maximum atomic E-state index is 13.2. The lowest BCUT2D eigenvalue weighted by Gasteiger charge is -2.16. The third kappa shape index (κ3) is 4.10. The number of benzene rings is 1. The lowest BCUT2D eigenvalue weighted by Crippen LogP contribution is -2.28. The van der Waals surface area contributed by atoms with E-state index in [1.807, 2.05) is 25.2 Å². The summed E-state index contributed by atoms with van der Waals surface area (Å²) in [5.74, 6) is -1.59. The second-order valence-electron chi connectivity index (χ2n) is 4.80. The van der Waals surface area contributed by atoms with E-state index in [0.717, 1.165) is 24.1 Å². The number of nitrogens with zero attached hydrogens (tertiary/aromatic N) is 1. The Hall–Kier alpha value is -1.81. The molecule has 0 fully saturated rings. The molecule has 4 heteroatoms. The first-order chi connectivity index (χ1) is 9.69. The van der Waals surface area contributed by atoms with Gasteiger partial charge in [0.15, 0.2) is 11.6 Å². The SMILES string of the molecule is CNC(CCc1ccccn1)Cc1ccc(F)c(F)c1.